The van der Waals surface area contributed by atoms with Gasteiger partial charge in [0.25, 0.3) is 0 Å². The summed E-state index contributed by atoms with van der Waals surface area (Å²) in [6, 6.07) is 12.5. The van der Waals surface area contributed by atoms with E-state index >= 15 is 0 Å². The maximum absolute atomic E-state index is 13.6. The summed E-state index contributed by atoms with van der Waals surface area (Å²) in [6.45, 7) is 3.27. The number of halogens is 2. The molecular formula is C23H30ClFN2O3. The van der Waals surface area contributed by atoms with Gasteiger partial charge in [-0.1, -0.05) is 42.3 Å². The molecule has 5 nitrogen and oxygen atoms in total. The lowest BCUT2D eigenvalue weighted by Crippen LogP contribution is -2.29. The van der Waals surface area contributed by atoms with Gasteiger partial charge in [0.15, 0.2) is 0 Å². The summed E-state index contributed by atoms with van der Waals surface area (Å²) < 4.78 is 19.1. The van der Waals surface area contributed by atoms with Crippen molar-refractivity contribution in [3.05, 3.63) is 70.0 Å². The number of aryl methyl sites for hydroxylation is 1. The molecule has 0 fully saturated rings. The molecular weight excluding hydrogens is 407 g/mol. The number of hydrogen-bond acceptors (Lipinski definition) is 4. The second kappa shape index (κ2) is 12.6. The number of ether oxygens (including phenoxy) is 1. The van der Waals surface area contributed by atoms with Gasteiger partial charge in [0.1, 0.15) is 5.82 Å². The minimum Gasteiger partial charge on any atom is -0.377 e. The van der Waals surface area contributed by atoms with E-state index in [0.717, 1.165) is 42.1 Å². The monoisotopic (exact) mass is 436 g/mol. The Kier molecular flexibility index (Phi) is 10.2. The van der Waals surface area contributed by atoms with Crippen LogP contribution < -0.4 is 10.8 Å². The number of rotatable bonds is 12. The molecule has 0 aliphatic carbocycles. The first-order valence-electron chi connectivity index (χ1n) is 10.1. The fourth-order valence-electron chi connectivity index (χ4n) is 3.42. The molecule has 30 heavy (non-hydrogen) atoms. The van der Waals surface area contributed by atoms with Crippen LogP contribution in [-0.2, 0) is 16.1 Å². The zero-order valence-corrected chi connectivity index (χ0v) is 18.2. The molecule has 3 N–H and O–H groups in total. The van der Waals surface area contributed by atoms with Crippen LogP contribution >= 0.6 is 11.6 Å². The smallest absolute Gasteiger partial charge is 0.246 e. The Hall–Kier alpha value is -1.99. The highest BCUT2D eigenvalue weighted by atomic mass is 35.5. The van der Waals surface area contributed by atoms with Crippen LogP contribution in [0.2, 0.25) is 5.02 Å². The first kappa shape index (κ1) is 24.3. The summed E-state index contributed by atoms with van der Waals surface area (Å²) in [6.07, 6.45) is 2.40. The van der Waals surface area contributed by atoms with E-state index in [1.54, 1.807) is 31.6 Å². The first-order valence-corrected chi connectivity index (χ1v) is 10.5. The van der Waals surface area contributed by atoms with E-state index in [1.165, 1.54) is 6.07 Å². The Labute approximate surface area is 182 Å². The minimum absolute atomic E-state index is 0.274. The molecule has 7 heteroatoms. The van der Waals surface area contributed by atoms with Crippen molar-refractivity contribution in [2.75, 3.05) is 13.7 Å². The van der Waals surface area contributed by atoms with Crippen molar-refractivity contribution in [3.8, 4) is 0 Å². The molecule has 0 heterocycles. The van der Waals surface area contributed by atoms with Gasteiger partial charge in [-0.25, -0.2) is 9.87 Å². The number of methoxy groups -OCH3 is 1. The predicted molar refractivity (Wildman–Crippen MR) is 116 cm³/mol. The zero-order chi connectivity index (χ0) is 21.9. The third-order valence-electron chi connectivity index (χ3n) is 5.22. The normalized spacial score (nSPS) is 13.1. The molecule has 0 aromatic heterocycles. The van der Waals surface area contributed by atoms with Crippen molar-refractivity contribution >= 4 is 17.5 Å². The quantitative estimate of drug-likeness (QED) is 0.250. The number of nitrogens with one attached hydrogen (secondary N) is 2. The lowest BCUT2D eigenvalue weighted by atomic mass is 9.91. The average molecular weight is 437 g/mol. The Bertz CT molecular complexity index is 802. The van der Waals surface area contributed by atoms with Gasteiger partial charge in [0.05, 0.1) is 6.10 Å². The van der Waals surface area contributed by atoms with Crippen LogP contribution in [0.4, 0.5) is 4.39 Å². The number of carbonyl (C=O) groups is 1. The van der Waals surface area contributed by atoms with Gasteiger partial charge in [-0.2, -0.15) is 0 Å². The van der Waals surface area contributed by atoms with E-state index in [9.17, 15) is 9.18 Å². The average Bonchev–Trinajstić information content (AvgIpc) is 2.75. The molecule has 164 valence electrons. The molecule has 0 saturated heterocycles. The molecule has 2 aromatic rings. The third kappa shape index (κ3) is 7.69. The Morgan fingerprint density at radius 2 is 1.93 bits per heavy atom. The van der Waals surface area contributed by atoms with E-state index in [4.69, 9.17) is 21.5 Å². The second-order valence-electron chi connectivity index (χ2n) is 7.44. The molecule has 0 bridgehead atoms. The molecule has 1 amide bonds. The van der Waals surface area contributed by atoms with Crippen molar-refractivity contribution in [1.29, 1.82) is 0 Å². The fraction of sp³-hybridized carbons (Fsp3) is 0.435. The molecule has 0 aliphatic rings. The van der Waals surface area contributed by atoms with Crippen molar-refractivity contribution in [1.82, 2.24) is 10.8 Å². The SMILES string of the molecule is CO[C@H](C[C@H](CCCCNCc1ccc(Cl)cc1)C(=O)NO)c1ccc(F)c(C)c1. The largest absolute Gasteiger partial charge is 0.377 e. The molecule has 0 saturated carbocycles. The van der Waals surface area contributed by atoms with Crippen molar-refractivity contribution < 1.29 is 19.1 Å². The molecule has 2 atom stereocenters. The number of benzene rings is 2. The van der Waals surface area contributed by atoms with Gasteiger partial charge >= 0.3 is 0 Å². The van der Waals surface area contributed by atoms with E-state index in [0.29, 0.717) is 18.4 Å². The number of carbonyl (C=O) groups excluding carboxylic acids is 1. The highest BCUT2D eigenvalue weighted by molar-refractivity contribution is 6.30. The minimum atomic E-state index is -0.426. The van der Waals surface area contributed by atoms with E-state index in [1.807, 2.05) is 24.3 Å². The van der Waals surface area contributed by atoms with Crippen LogP contribution in [0.25, 0.3) is 0 Å². The fourth-order valence-corrected chi connectivity index (χ4v) is 3.54. The summed E-state index contributed by atoms with van der Waals surface area (Å²) in [7, 11) is 1.57. The van der Waals surface area contributed by atoms with Crippen molar-refractivity contribution in [2.24, 2.45) is 5.92 Å². The summed E-state index contributed by atoms with van der Waals surface area (Å²) in [4.78, 5) is 12.1. The second-order valence-corrected chi connectivity index (χ2v) is 7.88. The van der Waals surface area contributed by atoms with Crippen LogP contribution in [-0.4, -0.2) is 24.8 Å². The predicted octanol–water partition coefficient (Wildman–Crippen LogP) is 4.95. The number of hydroxylamine groups is 1. The molecule has 0 spiro atoms. The van der Waals surface area contributed by atoms with Crippen LogP contribution in [0.15, 0.2) is 42.5 Å². The van der Waals surface area contributed by atoms with E-state index < -0.39 is 11.8 Å². The summed E-state index contributed by atoms with van der Waals surface area (Å²) >= 11 is 5.88. The third-order valence-corrected chi connectivity index (χ3v) is 5.47. The Morgan fingerprint density at radius 3 is 2.57 bits per heavy atom. The number of unbranched alkanes of at least 4 members (excludes halogenated alkanes) is 1. The zero-order valence-electron chi connectivity index (χ0n) is 17.5. The maximum atomic E-state index is 13.6. The summed E-state index contributed by atoms with van der Waals surface area (Å²) in [5.74, 6) is -1.10. The lowest BCUT2D eigenvalue weighted by Gasteiger charge is -2.22. The molecule has 0 unspecified atom stereocenters. The summed E-state index contributed by atoms with van der Waals surface area (Å²) in [5, 5.41) is 13.2. The Balaban J connectivity index is 1.82. The molecule has 2 rings (SSSR count). The molecule has 0 aliphatic heterocycles. The van der Waals surface area contributed by atoms with Crippen molar-refractivity contribution in [3.63, 3.8) is 0 Å². The van der Waals surface area contributed by atoms with E-state index in [-0.39, 0.29) is 11.9 Å². The van der Waals surface area contributed by atoms with Crippen LogP contribution in [0.3, 0.4) is 0 Å². The Morgan fingerprint density at radius 1 is 1.20 bits per heavy atom. The van der Waals surface area contributed by atoms with Crippen molar-refractivity contribution in [2.45, 2.75) is 45.3 Å². The van der Waals surface area contributed by atoms with Crippen LogP contribution in [0.1, 0.15) is 48.5 Å². The van der Waals surface area contributed by atoms with Crippen LogP contribution in [0, 0.1) is 18.7 Å². The standard InChI is InChI=1S/C23H30ClFN2O3/c1-16-13-18(8-11-21(16)25)22(30-2)14-19(23(28)27-29)5-3-4-12-26-15-17-6-9-20(24)10-7-17/h6-11,13,19,22,26,29H,3-5,12,14-15H2,1-2H3,(H,27,28)/t19-,22+/m0/s1. The highest BCUT2D eigenvalue weighted by Gasteiger charge is 2.24. The molecule has 2 aromatic carbocycles. The highest BCUT2D eigenvalue weighted by Crippen LogP contribution is 2.28. The number of hydrogen-bond donors (Lipinski definition) is 3. The van der Waals surface area contributed by atoms with Gasteiger partial charge in [-0.05, 0) is 67.6 Å². The number of amides is 1. The van der Waals surface area contributed by atoms with Gasteiger partial charge in [0.2, 0.25) is 5.91 Å². The first-order chi connectivity index (χ1) is 14.4. The van der Waals surface area contributed by atoms with Gasteiger partial charge in [0, 0.05) is 24.6 Å². The summed E-state index contributed by atoms with van der Waals surface area (Å²) in [5.41, 5.74) is 4.27. The van der Waals surface area contributed by atoms with Crippen LogP contribution in [0.5, 0.6) is 0 Å². The lowest BCUT2D eigenvalue weighted by molar-refractivity contribution is -0.135. The van der Waals surface area contributed by atoms with Gasteiger partial charge < -0.3 is 10.1 Å². The maximum Gasteiger partial charge on any atom is 0.246 e. The molecule has 0 radical (unpaired) electrons. The van der Waals surface area contributed by atoms with E-state index in [2.05, 4.69) is 5.32 Å². The van der Waals surface area contributed by atoms with Gasteiger partial charge in [-0.15, -0.1) is 0 Å². The topological polar surface area (TPSA) is 70.6 Å². The van der Waals surface area contributed by atoms with Gasteiger partial charge in [-0.3, -0.25) is 10.0 Å².